The Labute approximate surface area is 110 Å². The molecule has 0 aliphatic carbocycles. The van der Waals surface area contributed by atoms with E-state index in [1.54, 1.807) is 27.8 Å². The molecule has 106 valence electrons. The molecule has 0 bridgehead atoms. The predicted molar refractivity (Wildman–Crippen MR) is 67.9 cm³/mol. The molecule has 0 fully saturated rings. The Hall–Kier alpha value is -2.09. The number of ether oxygens (including phenoxy) is 1. The van der Waals surface area contributed by atoms with Gasteiger partial charge >= 0.3 is 12.1 Å². The third-order valence-electron chi connectivity index (χ3n) is 2.19. The summed E-state index contributed by atoms with van der Waals surface area (Å²) in [5.41, 5.74) is 4.50. The zero-order chi connectivity index (χ0) is 14.8. The minimum atomic E-state index is -1.25. The summed E-state index contributed by atoms with van der Waals surface area (Å²) in [7, 11) is 1.56. The normalized spacial score (nSPS) is 11.2. The van der Waals surface area contributed by atoms with Crippen LogP contribution in [0, 0.1) is 0 Å². The number of rotatable bonds is 3. The van der Waals surface area contributed by atoms with Crippen LogP contribution in [-0.2, 0) is 18.3 Å². The van der Waals surface area contributed by atoms with Crippen LogP contribution >= 0.6 is 0 Å². The lowest BCUT2D eigenvalue weighted by Crippen LogP contribution is -2.28. The van der Waals surface area contributed by atoms with Crippen molar-refractivity contribution in [1.29, 1.82) is 0 Å². The number of carbonyl (C=O) groups excluding carboxylic acids is 1. The first-order valence-electron chi connectivity index (χ1n) is 5.64. The zero-order valence-electron chi connectivity index (χ0n) is 11.4. The van der Waals surface area contributed by atoms with Crippen molar-refractivity contribution < 1.29 is 19.4 Å². The van der Waals surface area contributed by atoms with Crippen molar-refractivity contribution in [2.75, 3.05) is 5.32 Å². The smallest absolute Gasteiger partial charge is 0.413 e. The fraction of sp³-hybridized carbons (Fsp3) is 0.545. The highest BCUT2D eigenvalue weighted by atomic mass is 16.6. The first kappa shape index (κ1) is 15.0. The number of nitrogens with one attached hydrogen (secondary N) is 1. The van der Waals surface area contributed by atoms with E-state index in [9.17, 15) is 9.59 Å². The van der Waals surface area contributed by atoms with Crippen molar-refractivity contribution in [3.05, 3.63) is 11.5 Å². The fourth-order valence-electron chi connectivity index (χ4n) is 1.42. The van der Waals surface area contributed by atoms with Crippen molar-refractivity contribution in [2.24, 2.45) is 12.8 Å². The Morgan fingerprint density at radius 2 is 2.05 bits per heavy atom. The molecule has 0 atom stereocenters. The third kappa shape index (κ3) is 3.68. The van der Waals surface area contributed by atoms with Crippen molar-refractivity contribution in [1.82, 2.24) is 9.55 Å². The minimum Gasteiger partial charge on any atom is -0.476 e. The average Bonchev–Trinajstić information content (AvgIpc) is 2.53. The SMILES string of the molecule is Cn1c(CN)nc(C(=O)O)c1NC(=O)OC(C)(C)C. The summed E-state index contributed by atoms with van der Waals surface area (Å²) in [5, 5.41) is 11.4. The molecule has 19 heavy (non-hydrogen) atoms. The summed E-state index contributed by atoms with van der Waals surface area (Å²) in [5.74, 6) is -0.855. The standard InChI is InChI=1S/C11H18N4O4/c1-11(2,3)19-10(18)14-8-7(9(16)17)13-6(5-12)15(8)4/h5,12H2,1-4H3,(H,14,18)(H,16,17). The first-order valence-corrected chi connectivity index (χ1v) is 5.64. The molecule has 0 spiro atoms. The molecule has 1 heterocycles. The molecule has 1 rings (SSSR count). The number of amides is 1. The molecule has 1 amide bonds. The number of anilines is 1. The van der Waals surface area contributed by atoms with Crippen LogP contribution in [0.1, 0.15) is 37.1 Å². The number of carboxylic acid groups (broad SMARTS) is 1. The number of hydrogen-bond donors (Lipinski definition) is 3. The van der Waals surface area contributed by atoms with Crippen LogP contribution in [0.5, 0.6) is 0 Å². The number of nitrogens with zero attached hydrogens (tertiary/aromatic N) is 2. The Kier molecular flexibility index (Phi) is 4.15. The van der Waals surface area contributed by atoms with E-state index in [1.807, 2.05) is 0 Å². The Morgan fingerprint density at radius 1 is 1.47 bits per heavy atom. The lowest BCUT2D eigenvalue weighted by atomic mass is 10.2. The number of aromatic nitrogens is 2. The Morgan fingerprint density at radius 3 is 2.47 bits per heavy atom. The molecule has 8 heteroatoms. The minimum absolute atomic E-state index is 0.0437. The van der Waals surface area contributed by atoms with Gasteiger partial charge in [0.15, 0.2) is 11.5 Å². The third-order valence-corrected chi connectivity index (χ3v) is 2.19. The van der Waals surface area contributed by atoms with Crippen molar-refractivity contribution in [2.45, 2.75) is 32.9 Å². The number of carbonyl (C=O) groups is 2. The van der Waals surface area contributed by atoms with Crippen LogP contribution in [-0.4, -0.2) is 32.3 Å². The molecule has 0 aliphatic rings. The molecule has 1 aromatic heterocycles. The summed E-state index contributed by atoms with van der Waals surface area (Å²) in [6.07, 6.45) is -0.749. The fourth-order valence-corrected chi connectivity index (χ4v) is 1.42. The maximum absolute atomic E-state index is 11.7. The monoisotopic (exact) mass is 270 g/mol. The van der Waals surface area contributed by atoms with E-state index in [0.29, 0.717) is 5.82 Å². The number of imidazole rings is 1. The molecule has 4 N–H and O–H groups in total. The van der Waals surface area contributed by atoms with Gasteiger partial charge in [-0.25, -0.2) is 14.6 Å². The number of nitrogens with two attached hydrogens (primary N) is 1. The molecule has 0 aromatic carbocycles. The summed E-state index contributed by atoms with van der Waals surface area (Å²) in [6.45, 7) is 5.19. The van der Waals surface area contributed by atoms with Crippen LogP contribution in [0.4, 0.5) is 10.6 Å². The maximum Gasteiger partial charge on any atom is 0.413 e. The van der Waals surface area contributed by atoms with Crippen LogP contribution in [0.3, 0.4) is 0 Å². The lowest BCUT2D eigenvalue weighted by molar-refractivity contribution is 0.0634. The second-order valence-electron chi connectivity index (χ2n) is 4.92. The molecule has 8 nitrogen and oxygen atoms in total. The molecule has 0 aliphatic heterocycles. The quantitative estimate of drug-likeness (QED) is 0.751. The van der Waals surface area contributed by atoms with E-state index in [-0.39, 0.29) is 18.1 Å². The van der Waals surface area contributed by atoms with E-state index < -0.39 is 17.7 Å². The number of aromatic carboxylic acids is 1. The van der Waals surface area contributed by atoms with Gasteiger partial charge in [-0.05, 0) is 20.8 Å². The molecule has 0 unspecified atom stereocenters. The van der Waals surface area contributed by atoms with Crippen LogP contribution < -0.4 is 11.1 Å². The van der Waals surface area contributed by atoms with Crippen molar-refractivity contribution >= 4 is 17.9 Å². The Balaban J connectivity index is 3.03. The second kappa shape index (κ2) is 5.27. The van der Waals surface area contributed by atoms with Crippen molar-refractivity contribution in [3.8, 4) is 0 Å². The average molecular weight is 270 g/mol. The summed E-state index contributed by atoms with van der Waals surface area (Å²) < 4.78 is 6.47. The van der Waals surface area contributed by atoms with E-state index in [0.717, 1.165) is 0 Å². The van der Waals surface area contributed by atoms with Crippen LogP contribution in [0.25, 0.3) is 0 Å². The Bertz CT molecular complexity index is 502. The zero-order valence-corrected chi connectivity index (χ0v) is 11.4. The van der Waals surface area contributed by atoms with Crippen LogP contribution in [0.2, 0.25) is 0 Å². The highest BCUT2D eigenvalue weighted by Gasteiger charge is 2.23. The topological polar surface area (TPSA) is 119 Å². The highest BCUT2D eigenvalue weighted by Crippen LogP contribution is 2.18. The van der Waals surface area contributed by atoms with E-state index >= 15 is 0 Å². The van der Waals surface area contributed by atoms with Crippen molar-refractivity contribution in [3.63, 3.8) is 0 Å². The van der Waals surface area contributed by atoms with Gasteiger partial charge in [0.05, 0.1) is 6.54 Å². The molecule has 1 aromatic rings. The van der Waals surface area contributed by atoms with E-state index in [2.05, 4.69) is 10.3 Å². The van der Waals surface area contributed by atoms with E-state index in [4.69, 9.17) is 15.6 Å². The van der Waals surface area contributed by atoms with Gasteiger partial charge in [0.1, 0.15) is 11.4 Å². The van der Waals surface area contributed by atoms with Gasteiger partial charge in [0.2, 0.25) is 0 Å². The van der Waals surface area contributed by atoms with Gasteiger partial charge in [0, 0.05) is 7.05 Å². The van der Waals surface area contributed by atoms with Gasteiger partial charge in [0.25, 0.3) is 0 Å². The van der Waals surface area contributed by atoms with Gasteiger partial charge in [-0.3, -0.25) is 5.32 Å². The second-order valence-corrected chi connectivity index (χ2v) is 4.92. The largest absolute Gasteiger partial charge is 0.476 e. The highest BCUT2D eigenvalue weighted by molar-refractivity contribution is 5.96. The molecule has 0 saturated heterocycles. The van der Waals surface area contributed by atoms with Crippen LogP contribution in [0.15, 0.2) is 0 Å². The molecule has 0 saturated carbocycles. The summed E-state index contributed by atoms with van der Waals surface area (Å²) in [6, 6.07) is 0. The summed E-state index contributed by atoms with van der Waals surface area (Å²) >= 11 is 0. The van der Waals surface area contributed by atoms with Gasteiger partial charge in [-0.1, -0.05) is 0 Å². The summed E-state index contributed by atoms with van der Waals surface area (Å²) in [4.78, 5) is 26.6. The van der Waals surface area contributed by atoms with Gasteiger partial charge in [-0.2, -0.15) is 0 Å². The number of carboxylic acids is 1. The number of hydrogen-bond acceptors (Lipinski definition) is 5. The maximum atomic E-state index is 11.7. The predicted octanol–water partition coefficient (Wildman–Crippen LogP) is 0.924. The lowest BCUT2D eigenvalue weighted by Gasteiger charge is -2.19. The molecular formula is C11H18N4O4. The molecule has 0 radical (unpaired) electrons. The molecular weight excluding hydrogens is 252 g/mol. The van der Waals surface area contributed by atoms with E-state index in [1.165, 1.54) is 4.57 Å². The first-order chi connectivity index (χ1) is 8.65. The van der Waals surface area contributed by atoms with Gasteiger partial charge < -0.3 is 20.1 Å². The van der Waals surface area contributed by atoms with Gasteiger partial charge in [-0.15, -0.1) is 0 Å².